The van der Waals surface area contributed by atoms with Crippen molar-refractivity contribution in [1.29, 1.82) is 0 Å². The molecule has 1 fully saturated rings. The topological polar surface area (TPSA) is 55.1 Å². The van der Waals surface area contributed by atoms with Gasteiger partial charge in [0, 0.05) is 5.56 Å². The van der Waals surface area contributed by atoms with E-state index in [0.717, 1.165) is 6.54 Å². The maximum atomic E-state index is 11.0. The quantitative estimate of drug-likeness (QED) is 0.785. The molecule has 3 N–H and O–H groups in total. The van der Waals surface area contributed by atoms with Crippen LogP contribution in [0.2, 0.25) is 0 Å². The number of hydrogen-bond acceptors (Lipinski definition) is 2. The van der Waals surface area contributed by atoms with E-state index in [-0.39, 0.29) is 5.91 Å². The highest BCUT2D eigenvalue weighted by Crippen LogP contribution is 2.50. The van der Waals surface area contributed by atoms with Crippen LogP contribution in [0.15, 0.2) is 24.3 Å². The summed E-state index contributed by atoms with van der Waals surface area (Å²) in [4.78, 5) is 11.0. The summed E-state index contributed by atoms with van der Waals surface area (Å²) in [5.74, 6) is -0.355. The molecule has 0 heterocycles. The van der Waals surface area contributed by atoms with Crippen molar-refractivity contribution in [2.45, 2.75) is 24.7 Å². The molecule has 86 valence electrons. The molecule has 1 aromatic carbocycles. The van der Waals surface area contributed by atoms with Crippen LogP contribution < -0.4 is 11.1 Å². The summed E-state index contributed by atoms with van der Waals surface area (Å²) in [6.45, 7) is 1.04. The molecule has 3 nitrogen and oxygen atoms in total. The van der Waals surface area contributed by atoms with Crippen LogP contribution >= 0.6 is 0 Å². The molecule has 0 saturated heterocycles. The van der Waals surface area contributed by atoms with Crippen molar-refractivity contribution in [3.05, 3.63) is 35.4 Å². The Morgan fingerprint density at radius 1 is 1.38 bits per heavy atom. The first kappa shape index (κ1) is 11.1. The summed E-state index contributed by atoms with van der Waals surface area (Å²) in [5, 5.41) is 3.19. The first-order valence-corrected chi connectivity index (χ1v) is 5.73. The first-order valence-electron chi connectivity index (χ1n) is 5.73. The fourth-order valence-electron chi connectivity index (χ4n) is 2.19. The molecule has 1 aliphatic carbocycles. The number of nitrogens with one attached hydrogen (secondary N) is 1. The summed E-state index contributed by atoms with van der Waals surface area (Å²) in [5.41, 5.74) is 7.51. The van der Waals surface area contributed by atoms with Crippen molar-refractivity contribution in [3.8, 4) is 0 Å². The molecule has 1 aliphatic rings. The number of carbonyl (C=O) groups excluding carboxylic acids is 1. The lowest BCUT2D eigenvalue weighted by Crippen LogP contribution is -2.17. The Hall–Kier alpha value is -1.35. The van der Waals surface area contributed by atoms with Crippen LogP contribution in [0, 0.1) is 0 Å². The summed E-state index contributed by atoms with van der Waals surface area (Å²) in [6, 6.07) is 7.75. The minimum absolute atomic E-state index is 0.355. The van der Waals surface area contributed by atoms with E-state index in [1.807, 2.05) is 31.3 Å². The molecule has 1 amide bonds. The number of amides is 1. The van der Waals surface area contributed by atoms with Crippen molar-refractivity contribution in [1.82, 2.24) is 5.32 Å². The highest BCUT2D eigenvalue weighted by atomic mass is 16.1. The van der Waals surface area contributed by atoms with Gasteiger partial charge < -0.3 is 11.1 Å². The molecular formula is C13H18N2O. The van der Waals surface area contributed by atoms with Crippen molar-refractivity contribution in [2.75, 3.05) is 13.6 Å². The molecule has 2 rings (SSSR count). The van der Waals surface area contributed by atoms with Crippen molar-refractivity contribution >= 4 is 5.91 Å². The van der Waals surface area contributed by atoms with Gasteiger partial charge in [-0.25, -0.2) is 0 Å². The van der Waals surface area contributed by atoms with E-state index in [1.54, 1.807) is 0 Å². The van der Waals surface area contributed by atoms with Crippen LogP contribution in [-0.2, 0) is 5.41 Å². The molecule has 0 unspecified atom stereocenters. The van der Waals surface area contributed by atoms with Gasteiger partial charge in [0.2, 0.25) is 5.91 Å². The summed E-state index contributed by atoms with van der Waals surface area (Å²) < 4.78 is 0. The molecule has 0 aromatic heterocycles. The monoisotopic (exact) mass is 218 g/mol. The van der Waals surface area contributed by atoms with Crippen LogP contribution in [-0.4, -0.2) is 19.5 Å². The lowest BCUT2D eigenvalue weighted by molar-refractivity contribution is 0.100. The second-order valence-electron chi connectivity index (χ2n) is 4.58. The predicted octanol–water partition coefficient (Wildman–Crippen LogP) is 1.43. The average Bonchev–Trinajstić information content (AvgIpc) is 3.08. The smallest absolute Gasteiger partial charge is 0.248 e. The molecule has 3 heteroatoms. The third kappa shape index (κ3) is 2.09. The molecule has 1 saturated carbocycles. The van der Waals surface area contributed by atoms with E-state index in [9.17, 15) is 4.79 Å². The summed E-state index contributed by atoms with van der Waals surface area (Å²) in [6.07, 6.45) is 3.68. The van der Waals surface area contributed by atoms with Crippen LogP contribution in [0.4, 0.5) is 0 Å². The van der Waals surface area contributed by atoms with Gasteiger partial charge in [0.15, 0.2) is 0 Å². The van der Waals surface area contributed by atoms with E-state index >= 15 is 0 Å². The van der Waals surface area contributed by atoms with Gasteiger partial charge in [0.05, 0.1) is 0 Å². The zero-order chi connectivity index (χ0) is 11.6. The first-order chi connectivity index (χ1) is 7.68. The highest BCUT2D eigenvalue weighted by Gasteiger charge is 2.43. The Labute approximate surface area is 96.0 Å². The molecule has 16 heavy (non-hydrogen) atoms. The number of hydrogen-bond donors (Lipinski definition) is 2. The number of nitrogens with two attached hydrogens (primary N) is 1. The zero-order valence-corrected chi connectivity index (χ0v) is 9.62. The minimum atomic E-state index is -0.355. The van der Waals surface area contributed by atoms with E-state index in [0.29, 0.717) is 11.0 Å². The van der Waals surface area contributed by atoms with Crippen molar-refractivity contribution in [2.24, 2.45) is 5.73 Å². The van der Waals surface area contributed by atoms with Gasteiger partial charge in [0.25, 0.3) is 0 Å². The van der Waals surface area contributed by atoms with Crippen LogP contribution in [0.3, 0.4) is 0 Å². The zero-order valence-electron chi connectivity index (χ0n) is 9.62. The third-order valence-corrected chi connectivity index (χ3v) is 3.49. The van der Waals surface area contributed by atoms with Gasteiger partial charge >= 0.3 is 0 Å². The van der Waals surface area contributed by atoms with E-state index in [2.05, 4.69) is 5.32 Å². The number of primary amides is 1. The molecule has 0 aliphatic heterocycles. The van der Waals surface area contributed by atoms with Gasteiger partial charge in [-0.15, -0.1) is 0 Å². The van der Waals surface area contributed by atoms with E-state index in [4.69, 9.17) is 5.73 Å². The van der Waals surface area contributed by atoms with Crippen LogP contribution in [0.1, 0.15) is 35.2 Å². The Morgan fingerprint density at radius 3 is 2.44 bits per heavy atom. The normalized spacial score (nSPS) is 17.1. The summed E-state index contributed by atoms with van der Waals surface area (Å²) in [7, 11) is 1.98. The Balaban J connectivity index is 2.12. The Bertz CT molecular complexity index is 379. The Kier molecular flexibility index (Phi) is 2.97. The van der Waals surface area contributed by atoms with Gasteiger partial charge in [-0.2, -0.15) is 0 Å². The predicted molar refractivity (Wildman–Crippen MR) is 64.4 cm³/mol. The van der Waals surface area contributed by atoms with E-state index < -0.39 is 0 Å². The number of benzene rings is 1. The summed E-state index contributed by atoms with van der Waals surface area (Å²) >= 11 is 0. The van der Waals surface area contributed by atoms with Crippen LogP contribution in [0.5, 0.6) is 0 Å². The second-order valence-corrected chi connectivity index (χ2v) is 4.58. The van der Waals surface area contributed by atoms with Gasteiger partial charge in [-0.3, -0.25) is 4.79 Å². The van der Waals surface area contributed by atoms with Crippen LogP contribution in [0.25, 0.3) is 0 Å². The maximum Gasteiger partial charge on any atom is 0.248 e. The van der Waals surface area contributed by atoms with E-state index in [1.165, 1.54) is 24.8 Å². The third-order valence-electron chi connectivity index (χ3n) is 3.49. The molecule has 0 radical (unpaired) electrons. The molecule has 0 spiro atoms. The molecule has 0 bridgehead atoms. The van der Waals surface area contributed by atoms with Gasteiger partial charge in [-0.1, -0.05) is 12.1 Å². The minimum Gasteiger partial charge on any atom is -0.366 e. The molecular weight excluding hydrogens is 200 g/mol. The number of rotatable bonds is 5. The maximum absolute atomic E-state index is 11.0. The lowest BCUT2D eigenvalue weighted by atomic mass is 9.91. The second kappa shape index (κ2) is 4.26. The fraction of sp³-hybridized carbons (Fsp3) is 0.462. The largest absolute Gasteiger partial charge is 0.366 e. The Morgan fingerprint density at radius 2 is 2.00 bits per heavy atom. The molecule has 0 atom stereocenters. The SMILES string of the molecule is CNCCC1(c2ccc(C(N)=O)cc2)CC1. The fourth-order valence-corrected chi connectivity index (χ4v) is 2.19. The molecule has 1 aromatic rings. The number of carbonyl (C=O) groups is 1. The average molecular weight is 218 g/mol. The van der Waals surface area contributed by atoms with Gasteiger partial charge in [-0.05, 0) is 56.0 Å². The van der Waals surface area contributed by atoms with Gasteiger partial charge in [0.1, 0.15) is 0 Å². The lowest BCUT2D eigenvalue weighted by Gasteiger charge is -2.15. The van der Waals surface area contributed by atoms with Crippen molar-refractivity contribution < 1.29 is 4.79 Å². The van der Waals surface area contributed by atoms with Crippen molar-refractivity contribution in [3.63, 3.8) is 0 Å². The standard InChI is InChI=1S/C13H18N2O/c1-15-9-8-13(6-7-13)11-4-2-10(3-5-11)12(14)16/h2-5,15H,6-9H2,1H3,(H2,14,16). The highest BCUT2D eigenvalue weighted by molar-refractivity contribution is 5.92.